The maximum absolute atomic E-state index is 5.91. The van der Waals surface area contributed by atoms with Gasteiger partial charge in [-0.2, -0.15) is 0 Å². The Hall–Kier alpha value is -0.970. The van der Waals surface area contributed by atoms with Crippen molar-refractivity contribution in [1.29, 1.82) is 0 Å². The summed E-state index contributed by atoms with van der Waals surface area (Å²) in [6.45, 7) is 3.26. The summed E-state index contributed by atoms with van der Waals surface area (Å²) in [5.41, 5.74) is 7.27. The Balaban J connectivity index is 1.90. The Morgan fingerprint density at radius 1 is 1.47 bits per heavy atom. The van der Waals surface area contributed by atoms with Gasteiger partial charge in [-0.3, -0.25) is 9.88 Å². The third kappa shape index (κ3) is 2.83. The molecule has 0 bridgehead atoms. The molecule has 0 saturated carbocycles. The monoisotopic (exact) mass is 235 g/mol. The summed E-state index contributed by atoms with van der Waals surface area (Å²) in [6.07, 6.45) is 5.75. The van der Waals surface area contributed by atoms with Gasteiger partial charge in [0.1, 0.15) is 0 Å². The van der Waals surface area contributed by atoms with Crippen LogP contribution in [0.2, 0.25) is 0 Å². The molecule has 2 rings (SSSR count). The lowest BCUT2D eigenvalue weighted by Gasteiger charge is -2.36. The van der Waals surface area contributed by atoms with E-state index >= 15 is 0 Å². The highest BCUT2D eigenvalue weighted by molar-refractivity contribution is 5.10. The van der Waals surface area contributed by atoms with E-state index in [1.807, 2.05) is 12.4 Å². The SMILES string of the molecule is CN(CCc1ccncc1)C1(CN)CCOC1. The van der Waals surface area contributed by atoms with Crippen LogP contribution in [-0.4, -0.2) is 48.8 Å². The molecule has 2 heterocycles. The molecule has 1 aliphatic heterocycles. The predicted molar refractivity (Wildman–Crippen MR) is 67.8 cm³/mol. The summed E-state index contributed by atoms with van der Waals surface area (Å²) in [7, 11) is 2.14. The number of likely N-dealkylation sites (N-methyl/N-ethyl adjacent to an activating group) is 1. The van der Waals surface area contributed by atoms with E-state index in [-0.39, 0.29) is 5.54 Å². The summed E-state index contributed by atoms with van der Waals surface area (Å²) in [5.74, 6) is 0. The fourth-order valence-corrected chi connectivity index (χ4v) is 2.30. The maximum atomic E-state index is 5.91. The number of rotatable bonds is 5. The fourth-order valence-electron chi connectivity index (χ4n) is 2.30. The second-order valence-corrected chi connectivity index (χ2v) is 4.76. The second kappa shape index (κ2) is 5.58. The quantitative estimate of drug-likeness (QED) is 0.815. The van der Waals surface area contributed by atoms with Crippen molar-refractivity contribution < 1.29 is 4.74 Å². The molecule has 94 valence electrons. The van der Waals surface area contributed by atoms with Crippen LogP contribution >= 0.6 is 0 Å². The van der Waals surface area contributed by atoms with Crippen LogP contribution in [0.15, 0.2) is 24.5 Å². The van der Waals surface area contributed by atoms with E-state index in [0.717, 1.165) is 32.6 Å². The van der Waals surface area contributed by atoms with Gasteiger partial charge in [0.05, 0.1) is 12.1 Å². The zero-order valence-electron chi connectivity index (χ0n) is 10.4. The van der Waals surface area contributed by atoms with Gasteiger partial charge in [-0.15, -0.1) is 0 Å². The van der Waals surface area contributed by atoms with Crippen molar-refractivity contribution in [3.05, 3.63) is 30.1 Å². The van der Waals surface area contributed by atoms with Gasteiger partial charge in [-0.25, -0.2) is 0 Å². The van der Waals surface area contributed by atoms with E-state index in [0.29, 0.717) is 6.54 Å². The molecule has 1 aromatic heterocycles. The largest absolute Gasteiger partial charge is 0.379 e. The summed E-state index contributed by atoms with van der Waals surface area (Å²) < 4.78 is 5.49. The van der Waals surface area contributed by atoms with Crippen LogP contribution in [0.4, 0.5) is 0 Å². The number of hydrogen-bond donors (Lipinski definition) is 1. The fraction of sp³-hybridized carbons (Fsp3) is 0.615. The molecule has 1 aliphatic rings. The number of nitrogens with two attached hydrogens (primary N) is 1. The van der Waals surface area contributed by atoms with Crippen LogP contribution in [0, 0.1) is 0 Å². The van der Waals surface area contributed by atoms with E-state index in [4.69, 9.17) is 10.5 Å². The molecule has 4 heteroatoms. The van der Waals surface area contributed by atoms with Crippen molar-refractivity contribution >= 4 is 0 Å². The highest BCUT2D eigenvalue weighted by Gasteiger charge is 2.37. The van der Waals surface area contributed by atoms with Crippen LogP contribution in [0.1, 0.15) is 12.0 Å². The molecule has 0 amide bonds. The average Bonchev–Trinajstić information content (AvgIpc) is 2.87. The van der Waals surface area contributed by atoms with E-state index in [1.54, 1.807) is 0 Å². The first-order valence-electron chi connectivity index (χ1n) is 6.15. The lowest BCUT2D eigenvalue weighted by atomic mass is 9.96. The normalized spacial score (nSPS) is 24.4. The third-order valence-corrected chi connectivity index (χ3v) is 3.76. The van der Waals surface area contributed by atoms with Gasteiger partial charge in [0.15, 0.2) is 0 Å². The molecule has 0 aliphatic carbocycles. The number of ether oxygens (including phenoxy) is 1. The molecule has 0 radical (unpaired) electrons. The van der Waals surface area contributed by atoms with Gasteiger partial charge >= 0.3 is 0 Å². The van der Waals surface area contributed by atoms with E-state index in [9.17, 15) is 0 Å². The number of hydrogen-bond acceptors (Lipinski definition) is 4. The predicted octanol–water partition coefficient (Wildman–Crippen LogP) is 0.674. The molecule has 0 spiro atoms. The van der Waals surface area contributed by atoms with Crippen LogP contribution in [-0.2, 0) is 11.2 Å². The average molecular weight is 235 g/mol. The van der Waals surface area contributed by atoms with Crippen LogP contribution < -0.4 is 5.73 Å². The Morgan fingerprint density at radius 3 is 2.82 bits per heavy atom. The highest BCUT2D eigenvalue weighted by atomic mass is 16.5. The zero-order valence-corrected chi connectivity index (χ0v) is 10.4. The van der Waals surface area contributed by atoms with Crippen molar-refractivity contribution in [3.63, 3.8) is 0 Å². The molecular formula is C13H21N3O. The minimum Gasteiger partial charge on any atom is -0.379 e. The Bertz CT molecular complexity index is 336. The maximum Gasteiger partial charge on any atom is 0.0663 e. The third-order valence-electron chi connectivity index (χ3n) is 3.76. The summed E-state index contributed by atoms with van der Waals surface area (Å²) in [4.78, 5) is 6.37. The summed E-state index contributed by atoms with van der Waals surface area (Å²) >= 11 is 0. The van der Waals surface area contributed by atoms with E-state index < -0.39 is 0 Å². The number of pyridine rings is 1. The molecule has 1 saturated heterocycles. The molecule has 1 aromatic rings. The van der Waals surface area contributed by atoms with Gasteiger partial charge in [0, 0.05) is 32.1 Å². The highest BCUT2D eigenvalue weighted by Crippen LogP contribution is 2.24. The first kappa shape index (κ1) is 12.5. The van der Waals surface area contributed by atoms with Crippen LogP contribution in [0.5, 0.6) is 0 Å². The van der Waals surface area contributed by atoms with Crippen LogP contribution in [0.25, 0.3) is 0 Å². The van der Waals surface area contributed by atoms with Gasteiger partial charge < -0.3 is 10.5 Å². The van der Waals surface area contributed by atoms with Crippen molar-refractivity contribution in [1.82, 2.24) is 9.88 Å². The molecule has 1 atom stereocenters. The molecule has 17 heavy (non-hydrogen) atoms. The minimum absolute atomic E-state index is 0.0486. The molecule has 0 aromatic carbocycles. The smallest absolute Gasteiger partial charge is 0.0663 e. The zero-order chi connectivity index (χ0) is 12.1. The minimum atomic E-state index is 0.0486. The van der Waals surface area contributed by atoms with Gasteiger partial charge in [-0.05, 0) is 37.6 Å². The first-order valence-corrected chi connectivity index (χ1v) is 6.15. The lowest BCUT2D eigenvalue weighted by Crippen LogP contribution is -2.53. The Labute approximate surface area is 103 Å². The van der Waals surface area contributed by atoms with Gasteiger partial charge in [0.2, 0.25) is 0 Å². The summed E-state index contributed by atoms with van der Waals surface area (Å²) in [5, 5.41) is 0. The molecular weight excluding hydrogens is 214 g/mol. The van der Waals surface area contributed by atoms with E-state index in [2.05, 4.69) is 29.1 Å². The second-order valence-electron chi connectivity index (χ2n) is 4.76. The standard InChI is InChI=1S/C13H21N3O/c1-16(13(10-14)5-9-17-11-13)8-4-12-2-6-15-7-3-12/h2-3,6-7H,4-5,8-11,14H2,1H3. The Morgan fingerprint density at radius 2 is 2.24 bits per heavy atom. The molecule has 1 unspecified atom stereocenters. The van der Waals surface area contributed by atoms with Crippen molar-refractivity contribution in [3.8, 4) is 0 Å². The van der Waals surface area contributed by atoms with Gasteiger partial charge in [-0.1, -0.05) is 0 Å². The topological polar surface area (TPSA) is 51.4 Å². The van der Waals surface area contributed by atoms with Crippen molar-refractivity contribution in [2.75, 3.05) is 33.4 Å². The number of nitrogens with zero attached hydrogens (tertiary/aromatic N) is 2. The lowest BCUT2D eigenvalue weighted by molar-refractivity contribution is 0.0946. The molecule has 1 fully saturated rings. The van der Waals surface area contributed by atoms with Crippen molar-refractivity contribution in [2.45, 2.75) is 18.4 Å². The first-order chi connectivity index (χ1) is 8.27. The summed E-state index contributed by atoms with van der Waals surface area (Å²) in [6, 6.07) is 4.13. The van der Waals surface area contributed by atoms with Crippen LogP contribution in [0.3, 0.4) is 0 Å². The van der Waals surface area contributed by atoms with Crippen molar-refractivity contribution in [2.24, 2.45) is 5.73 Å². The number of aromatic nitrogens is 1. The van der Waals surface area contributed by atoms with E-state index in [1.165, 1.54) is 5.56 Å². The molecule has 2 N–H and O–H groups in total. The molecule has 4 nitrogen and oxygen atoms in total. The Kier molecular flexibility index (Phi) is 4.10. The van der Waals surface area contributed by atoms with Gasteiger partial charge in [0.25, 0.3) is 0 Å².